The number of hydrogen-bond acceptors (Lipinski definition) is 7. The summed E-state index contributed by atoms with van der Waals surface area (Å²) in [7, 11) is 0. The third kappa shape index (κ3) is 5.10. The van der Waals surface area contributed by atoms with Crippen LogP contribution in [0.25, 0.3) is 11.1 Å². The first-order valence-corrected chi connectivity index (χ1v) is 12.1. The maximum absolute atomic E-state index is 13.2. The summed E-state index contributed by atoms with van der Waals surface area (Å²) in [6.07, 6.45) is 0.438. The van der Waals surface area contributed by atoms with Crippen molar-refractivity contribution in [2.45, 2.75) is 13.0 Å². The predicted octanol–water partition coefficient (Wildman–Crippen LogP) is 3.62. The average Bonchev–Trinajstić information content (AvgIpc) is 3.21. The summed E-state index contributed by atoms with van der Waals surface area (Å²) in [5.74, 6) is -2.03. The zero-order valence-electron chi connectivity index (χ0n) is 20.6. The lowest BCUT2D eigenvalue weighted by atomic mass is 10.0. The summed E-state index contributed by atoms with van der Waals surface area (Å²) >= 11 is 0. The Kier molecular flexibility index (Phi) is 6.64. The zero-order chi connectivity index (χ0) is 27.7. The van der Waals surface area contributed by atoms with Gasteiger partial charge in [0.25, 0.3) is 11.8 Å². The van der Waals surface area contributed by atoms with Gasteiger partial charge in [-0.05, 0) is 77.2 Å². The second-order valence-electron chi connectivity index (χ2n) is 9.18. The van der Waals surface area contributed by atoms with Crippen molar-refractivity contribution in [2.75, 3.05) is 6.54 Å². The second-order valence-corrected chi connectivity index (χ2v) is 9.18. The van der Waals surface area contributed by atoms with Crippen molar-refractivity contribution in [1.82, 2.24) is 10.6 Å². The van der Waals surface area contributed by atoms with Gasteiger partial charge in [0, 0.05) is 35.3 Å². The van der Waals surface area contributed by atoms with Gasteiger partial charge in [0.1, 0.15) is 0 Å². The van der Waals surface area contributed by atoms with Crippen molar-refractivity contribution in [2.24, 2.45) is 0 Å². The minimum atomic E-state index is -0.406. The van der Waals surface area contributed by atoms with Gasteiger partial charge in [0.05, 0.1) is 0 Å². The van der Waals surface area contributed by atoms with E-state index in [2.05, 4.69) is 10.6 Å². The van der Waals surface area contributed by atoms with E-state index < -0.39 is 5.91 Å². The quantitative estimate of drug-likeness (QED) is 0.178. The predicted molar refractivity (Wildman–Crippen MR) is 142 cm³/mol. The molecule has 0 atom stereocenters. The number of rotatable bonds is 7. The summed E-state index contributed by atoms with van der Waals surface area (Å²) in [4.78, 5) is 38.6. The number of ketones is 1. The lowest BCUT2D eigenvalue weighted by Crippen LogP contribution is -2.25. The maximum atomic E-state index is 13.2. The van der Waals surface area contributed by atoms with Gasteiger partial charge in [-0.3, -0.25) is 14.4 Å². The number of fused-ring (bicyclic) bond motifs is 3. The fourth-order valence-electron chi connectivity index (χ4n) is 4.47. The van der Waals surface area contributed by atoms with Crippen LogP contribution in [0.5, 0.6) is 23.0 Å². The van der Waals surface area contributed by atoms with Crippen LogP contribution in [0.3, 0.4) is 0 Å². The SMILES string of the molecule is O=C(NCCc1ccc(O)c(O)c1)c1ccc2c(c1)C(=O)c1cc(C(=O)NCc3ccc(O)c(O)c3)ccc1-2. The minimum Gasteiger partial charge on any atom is -0.504 e. The van der Waals surface area contributed by atoms with Gasteiger partial charge in [-0.25, -0.2) is 0 Å². The number of benzene rings is 4. The van der Waals surface area contributed by atoms with Crippen LogP contribution >= 0.6 is 0 Å². The number of carbonyl (C=O) groups is 3. The highest BCUT2D eigenvalue weighted by Gasteiger charge is 2.28. The van der Waals surface area contributed by atoms with Crippen LogP contribution in [-0.4, -0.2) is 44.6 Å². The van der Waals surface area contributed by atoms with Crippen LogP contribution in [-0.2, 0) is 13.0 Å². The molecule has 0 bridgehead atoms. The molecule has 0 fully saturated rings. The molecular formula is C30H24N2O7. The molecule has 0 saturated heterocycles. The molecule has 9 heteroatoms. The fourth-order valence-corrected chi connectivity index (χ4v) is 4.47. The number of carbonyl (C=O) groups excluding carboxylic acids is 3. The second kappa shape index (κ2) is 10.2. The van der Waals surface area contributed by atoms with Gasteiger partial charge in [-0.1, -0.05) is 24.3 Å². The number of aromatic hydroxyl groups is 4. The molecule has 5 rings (SSSR count). The first-order chi connectivity index (χ1) is 18.7. The van der Waals surface area contributed by atoms with Crippen molar-refractivity contribution < 1.29 is 34.8 Å². The molecular weight excluding hydrogens is 500 g/mol. The van der Waals surface area contributed by atoms with Gasteiger partial charge in [-0.15, -0.1) is 0 Å². The lowest BCUT2D eigenvalue weighted by Gasteiger charge is -2.08. The van der Waals surface area contributed by atoms with E-state index in [1.165, 1.54) is 36.4 Å². The van der Waals surface area contributed by atoms with Crippen molar-refractivity contribution in [3.8, 4) is 34.1 Å². The van der Waals surface area contributed by atoms with E-state index in [-0.39, 0.29) is 53.3 Å². The smallest absolute Gasteiger partial charge is 0.251 e. The molecule has 196 valence electrons. The first-order valence-electron chi connectivity index (χ1n) is 12.1. The monoisotopic (exact) mass is 524 g/mol. The third-order valence-corrected chi connectivity index (χ3v) is 6.57. The lowest BCUT2D eigenvalue weighted by molar-refractivity contribution is 0.0944. The number of amides is 2. The van der Waals surface area contributed by atoms with Crippen LogP contribution in [0.1, 0.15) is 47.8 Å². The van der Waals surface area contributed by atoms with Crippen LogP contribution in [0, 0.1) is 0 Å². The molecule has 1 aliphatic carbocycles. The van der Waals surface area contributed by atoms with E-state index in [4.69, 9.17) is 0 Å². The summed E-state index contributed by atoms with van der Waals surface area (Å²) in [5.41, 5.74) is 4.03. The molecule has 9 nitrogen and oxygen atoms in total. The molecule has 1 aliphatic rings. The van der Waals surface area contributed by atoms with Gasteiger partial charge in [0.2, 0.25) is 0 Å². The number of phenols is 4. The topological polar surface area (TPSA) is 156 Å². The van der Waals surface area contributed by atoms with Crippen LogP contribution in [0.15, 0.2) is 72.8 Å². The molecule has 39 heavy (non-hydrogen) atoms. The maximum Gasteiger partial charge on any atom is 0.251 e. The molecule has 0 unspecified atom stereocenters. The third-order valence-electron chi connectivity index (χ3n) is 6.57. The van der Waals surface area contributed by atoms with Gasteiger partial charge in [0.15, 0.2) is 28.8 Å². The molecule has 6 N–H and O–H groups in total. The Hall–Kier alpha value is -5.31. The van der Waals surface area contributed by atoms with E-state index in [1.54, 1.807) is 36.4 Å². The molecule has 0 saturated carbocycles. The molecule has 4 aromatic rings. The van der Waals surface area contributed by atoms with Gasteiger partial charge < -0.3 is 31.1 Å². The largest absolute Gasteiger partial charge is 0.504 e. The fraction of sp³-hybridized carbons (Fsp3) is 0.100. The van der Waals surface area contributed by atoms with E-state index in [1.807, 2.05) is 0 Å². The molecule has 0 aromatic heterocycles. The summed E-state index contributed by atoms with van der Waals surface area (Å²) in [6.45, 7) is 0.404. The minimum absolute atomic E-state index is 0.115. The van der Waals surface area contributed by atoms with E-state index in [0.717, 1.165) is 5.56 Å². The molecule has 0 heterocycles. The Bertz CT molecular complexity index is 1640. The summed E-state index contributed by atoms with van der Waals surface area (Å²) < 4.78 is 0. The number of phenolic OH excluding ortho intramolecular Hbond substituents is 4. The van der Waals surface area contributed by atoms with E-state index >= 15 is 0 Å². The Morgan fingerprint density at radius 2 is 1.08 bits per heavy atom. The van der Waals surface area contributed by atoms with Crippen molar-refractivity contribution >= 4 is 17.6 Å². The Balaban J connectivity index is 1.25. The molecule has 2 amide bonds. The standard InChI is InChI=1S/C30H24N2O7/c33-24-7-1-16(11-26(24)35)9-10-31-29(38)18-3-5-20-21-6-4-19(14-23(21)28(37)22(20)13-18)30(39)32-15-17-2-8-25(34)27(36)12-17/h1-8,11-14,33-36H,9-10,15H2,(H,31,38)(H,32,39). The van der Waals surface area contributed by atoms with Crippen molar-refractivity contribution in [3.63, 3.8) is 0 Å². The van der Waals surface area contributed by atoms with Crippen LogP contribution < -0.4 is 10.6 Å². The Morgan fingerprint density at radius 3 is 1.64 bits per heavy atom. The number of hydrogen-bond donors (Lipinski definition) is 6. The van der Waals surface area contributed by atoms with Crippen LogP contribution in [0.4, 0.5) is 0 Å². The van der Waals surface area contributed by atoms with Crippen molar-refractivity contribution in [1.29, 1.82) is 0 Å². The number of nitrogens with one attached hydrogen (secondary N) is 2. The van der Waals surface area contributed by atoms with Gasteiger partial charge >= 0.3 is 0 Å². The molecule has 0 aliphatic heterocycles. The highest BCUT2D eigenvalue weighted by atomic mass is 16.3. The Labute approximate surface area is 223 Å². The summed E-state index contributed by atoms with van der Waals surface area (Å²) in [5, 5.41) is 43.6. The van der Waals surface area contributed by atoms with E-state index in [9.17, 15) is 34.8 Å². The van der Waals surface area contributed by atoms with Crippen molar-refractivity contribution in [3.05, 3.63) is 106 Å². The normalized spacial score (nSPS) is 11.5. The highest BCUT2D eigenvalue weighted by molar-refractivity contribution is 6.23. The summed E-state index contributed by atoms with van der Waals surface area (Å²) in [6, 6.07) is 18.4. The van der Waals surface area contributed by atoms with Crippen LogP contribution in [0.2, 0.25) is 0 Å². The Morgan fingerprint density at radius 1 is 0.564 bits per heavy atom. The zero-order valence-corrected chi connectivity index (χ0v) is 20.6. The first kappa shape index (κ1) is 25.3. The highest BCUT2D eigenvalue weighted by Crippen LogP contribution is 2.37. The molecule has 0 spiro atoms. The molecule has 0 radical (unpaired) electrons. The average molecular weight is 525 g/mol. The molecule has 4 aromatic carbocycles. The van der Waals surface area contributed by atoms with E-state index in [0.29, 0.717) is 39.8 Å². The van der Waals surface area contributed by atoms with Gasteiger partial charge in [-0.2, -0.15) is 0 Å².